The number of benzene rings is 1. The van der Waals surface area contributed by atoms with Crippen LogP contribution in [0.3, 0.4) is 0 Å². The second-order valence-electron chi connectivity index (χ2n) is 6.47. The van der Waals surface area contributed by atoms with Crippen molar-refractivity contribution < 1.29 is 4.79 Å². The Labute approximate surface area is 142 Å². The first-order valence-corrected chi connectivity index (χ1v) is 9.52. The normalized spacial score (nSPS) is 15.6. The van der Waals surface area contributed by atoms with Crippen LogP contribution in [0.25, 0.3) is 0 Å². The van der Waals surface area contributed by atoms with Crippen molar-refractivity contribution in [3.05, 3.63) is 51.2 Å². The zero-order valence-electron chi connectivity index (χ0n) is 14.0. The summed E-state index contributed by atoms with van der Waals surface area (Å²) < 4.78 is 0. The zero-order chi connectivity index (χ0) is 16.2. The molecule has 0 bridgehead atoms. The molecule has 1 amide bonds. The van der Waals surface area contributed by atoms with Crippen LogP contribution in [-0.2, 0) is 12.8 Å². The first-order chi connectivity index (χ1) is 11.2. The van der Waals surface area contributed by atoms with E-state index in [2.05, 4.69) is 31.3 Å². The number of para-hydroxylation sites is 1. The van der Waals surface area contributed by atoms with E-state index in [1.807, 2.05) is 18.2 Å². The summed E-state index contributed by atoms with van der Waals surface area (Å²) in [5, 5.41) is 3.14. The third kappa shape index (κ3) is 3.66. The van der Waals surface area contributed by atoms with E-state index in [0.717, 1.165) is 29.8 Å². The number of rotatable bonds is 4. The fourth-order valence-electron chi connectivity index (χ4n) is 3.22. The highest BCUT2D eigenvalue weighted by atomic mass is 32.1. The van der Waals surface area contributed by atoms with Crippen molar-refractivity contribution >= 4 is 22.9 Å². The molecule has 0 radical (unpaired) electrons. The van der Waals surface area contributed by atoms with Gasteiger partial charge in [0, 0.05) is 10.6 Å². The molecule has 1 aromatic heterocycles. The number of nitrogens with one attached hydrogen (secondary N) is 1. The minimum absolute atomic E-state index is 0.0406. The van der Waals surface area contributed by atoms with Gasteiger partial charge >= 0.3 is 0 Å². The van der Waals surface area contributed by atoms with E-state index in [9.17, 15) is 4.79 Å². The van der Waals surface area contributed by atoms with Crippen LogP contribution < -0.4 is 5.32 Å². The molecule has 1 heterocycles. The lowest BCUT2D eigenvalue weighted by atomic mass is 9.97. The molecule has 0 aliphatic heterocycles. The Morgan fingerprint density at radius 1 is 1.22 bits per heavy atom. The molecule has 0 spiro atoms. The summed E-state index contributed by atoms with van der Waals surface area (Å²) in [5.74, 6) is 0.491. The van der Waals surface area contributed by atoms with Crippen molar-refractivity contribution in [2.24, 2.45) is 0 Å². The van der Waals surface area contributed by atoms with Crippen molar-refractivity contribution in [1.29, 1.82) is 0 Å². The van der Waals surface area contributed by atoms with Gasteiger partial charge in [-0.25, -0.2) is 0 Å². The number of fused-ring (bicyclic) bond motifs is 1. The third-order valence-electron chi connectivity index (χ3n) is 4.82. The maximum absolute atomic E-state index is 12.7. The van der Waals surface area contributed by atoms with E-state index in [1.54, 1.807) is 11.3 Å². The van der Waals surface area contributed by atoms with Gasteiger partial charge in [0.1, 0.15) is 0 Å². The van der Waals surface area contributed by atoms with Gasteiger partial charge in [-0.05, 0) is 61.3 Å². The lowest BCUT2D eigenvalue weighted by Crippen LogP contribution is -2.12. The smallest absolute Gasteiger partial charge is 0.265 e. The second kappa shape index (κ2) is 7.31. The van der Waals surface area contributed by atoms with Crippen LogP contribution in [0.1, 0.15) is 71.1 Å². The molecule has 3 heteroatoms. The molecule has 1 atom stereocenters. The Morgan fingerprint density at radius 2 is 2.00 bits per heavy atom. The van der Waals surface area contributed by atoms with Crippen LogP contribution in [0.4, 0.5) is 5.69 Å². The zero-order valence-corrected chi connectivity index (χ0v) is 14.8. The molecule has 0 fully saturated rings. The van der Waals surface area contributed by atoms with Crippen LogP contribution in [0.15, 0.2) is 30.3 Å². The van der Waals surface area contributed by atoms with Gasteiger partial charge in [-0.3, -0.25) is 4.79 Å². The first kappa shape index (κ1) is 16.3. The summed E-state index contributed by atoms with van der Waals surface area (Å²) in [5.41, 5.74) is 3.57. The molecule has 1 N–H and O–H groups in total. The molecular formula is C20H25NOS. The summed E-state index contributed by atoms with van der Waals surface area (Å²) in [7, 11) is 0. The average molecular weight is 327 g/mol. The molecule has 1 aliphatic rings. The number of carbonyl (C=O) groups excluding carboxylic acids is 1. The maximum Gasteiger partial charge on any atom is 0.265 e. The van der Waals surface area contributed by atoms with Crippen LogP contribution in [-0.4, -0.2) is 5.91 Å². The van der Waals surface area contributed by atoms with E-state index >= 15 is 0 Å². The summed E-state index contributed by atoms with van der Waals surface area (Å²) in [4.78, 5) is 15.0. The molecule has 3 rings (SSSR count). The molecule has 0 saturated heterocycles. The van der Waals surface area contributed by atoms with Gasteiger partial charge in [0.25, 0.3) is 5.91 Å². The molecule has 2 nitrogen and oxygen atoms in total. The van der Waals surface area contributed by atoms with Crippen LogP contribution in [0.5, 0.6) is 0 Å². The highest BCUT2D eigenvalue weighted by Crippen LogP contribution is 2.31. The largest absolute Gasteiger partial charge is 0.321 e. The lowest BCUT2D eigenvalue weighted by Gasteiger charge is -2.15. The summed E-state index contributed by atoms with van der Waals surface area (Å²) >= 11 is 1.68. The predicted octanol–water partition coefficient (Wildman–Crippen LogP) is 5.78. The van der Waals surface area contributed by atoms with Crippen LogP contribution >= 0.6 is 11.3 Å². The molecule has 2 aromatic rings. The highest BCUT2D eigenvalue weighted by molar-refractivity contribution is 7.14. The van der Waals surface area contributed by atoms with Gasteiger partial charge in [-0.15, -0.1) is 11.3 Å². The lowest BCUT2D eigenvalue weighted by molar-refractivity contribution is 0.103. The fraction of sp³-hybridized carbons (Fsp3) is 0.450. The second-order valence-corrected chi connectivity index (χ2v) is 7.61. The molecule has 1 aliphatic carbocycles. The number of hydrogen-bond acceptors (Lipinski definition) is 2. The van der Waals surface area contributed by atoms with Gasteiger partial charge in [0.05, 0.1) is 4.88 Å². The molecule has 0 saturated carbocycles. The quantitative estimate of drug-likeness (QED) is 0.708. The Hall–Kier alpha value is -1.61. The van der Waals surface area contributed by atoms with Gasteiger partial charge in [-0.2, -0.15) is 0 Å². The Kier molecular flexibility index (Phi) is 5.16. The van der Waals surface area contributed by atoms with Gasteiger partial charge in [0.2, 0.25) is 0 Å². The predicted molar refractivity (Wildman–Crippen MR) is 98.7 cm³/mol. The summed E-state index contributed by atoms with van der Waals surface area (Å²) in [6.45, 7) is 4.39. The number of thiophene rings is 1. The number of anilines is 1. The highest BCUT2D eigenvalue weighted by Gasteiger charge is 2.18. The molecule has 0 unspecified atom stereocenters. The van der Waals surface area contributed by atoms with Crippen molar-refractivity contribution in [3.8, 4) is 0 Å². The topological polar surface area (TPSA) is 29.1 Å². The van der Waals surface area contributed by atoms with E-state index in [-0.39, 0.29) is 5.91 Å². The number of hydrogen-bond donors (Lipinski definition) is 1. The number of amides is 1. The van der Waals surface area contributed by atoms with Crippen LogP contribution in [0, 0.1) is 0 Å². The van der Waals surface area contributed by atoms with Crippen LogP contribution in [0.2, 0.25) is 0 Å². The minimum Gasteiger partial charge on any atom is -0.321 e. The number of carbonyl (C=O) groups is 1. The maximum atomic E-state index is 12.7. The van der Waals surface area contributed by atoms with Crippen molar-refractivity contribution in [2.45, 2.75) is 58.3 Å². The van der Waals surface area contributed by atoms with E-state index < -0.39 is 0 Å². The molecule has 122 valence electrons. The monoisotopic (exact) mass is 327 g/mol. The molecular weight excluding hydrogens is 302 g/mol. The number of aryl methyl sites for hydroxylation is 2. The van der Waals surface area contributed by atoms with E-state index in [0.29, 0.717) is 5.92 Å². The van der Waals surface area contributed by atoms with Crippen molar-refractivity contribution in [1.82, 2.24) is 0 Å². The first-order valence-electron chi connectivity index (χ1n) is 8.71. The molecule has 23 heavy (non-hydrogen) atoms. The van der Waals surface area contributed by atoms with E-state index in [1.165, 1.54) is 35.3 Å². The Balaban J connectivity index is 1.80. The van der Waals surface area contributed by atoms with Gasteiger partial charge in [-0.1, -0.05) is 38.5 Å². The standard InChI is InChI=1S/C20H25NOS/c1-3-14(2)16-10-7-8-11-17(16)21-20(22)19-13-15-9-5-4-6-12-18(15)23-19/h7-8,10-11,13-14H,3-6,9,12H2,1-2H3,(H,21,22)/t14-/m0/s1. The molecule has 1 aromatic carbocycles. The van der Waals surface area contributed by atoms with Crippen molar-refractivity contribution in [3.63, 3.8) is 0 Å². The summed E-state index contributed by atoms with van der Waals surface area (Å²) in [6.07, 6.45) is 7.15. The Bertz CT molecular complexity index is 665. The third-order valence-corrected chi connectivity index (χ3v) is 6.06. The van der Waals surface area contributed by atoms with Crippen molar-refractivity contribution in [2.75, 3.05) is 5.32 Å². The van der Waals surface area contributed by atoms with Gasteiger partial charge < -0.3 is 5.32 Å². The SMILES string of the molecule is CC[C@H](C)c1ccccc1NC(=O)c1cc2c(s1)CCCCC2. The van der Waals surface area contributed by atoms with E-state index in [4.69, 9.17) is 0 Å². The minimum atomic E-state index is 0.0406. The van der Waals surface area contributed by atoms with Gasteiger partial charge in [0.15, 0.2) is 0 Å². The summed E-state index contributed by atoms with van der Waals surface area (Å²) in [6, 6.07) is 10.3. The Morgan fingerprint density at radius 3 is 2.83 bits per heavy atom. The fourth-order valence-corrected chi connectivity index (χ4v) is 4.37. The average Bonchev–Trinajstić information content (AvgIpc) is 2.86.